The number of aliphatic hydroxyl groups is 1. The third-order valence-corrected chi connectivity index (χ3v) is 7.31. The molecule has 1 aliphatic rings. The first kappa shape index (κ1) is 26.2. The Hall–Kier alpha value is -2.39. The largest absolute Gasteiger partial charge is 0.462 e. The number of carbonyl (C=O) groups is 1. The summed E-state index contributed by atoms with van der Waals surface area (Å²) in [6.45, 7) is 7.85. The van der Waals surface area contributed by atoms with Gasteiger partial charge in [-0.1, -0.05) is 74.9 Å². The second kappa shape index (κ2) is 13.5. The van der Waals surface area contributed by atoms with Crippen molar-refractivity contribution in [3.8, 4) is 11.1 Å². The summed E-state index contributed by atoms with van der Waals surface area (Å²) in [7, 11) is 0. The van der Waals surface area contributed by atoms with Gasteiger partial charge in [0.05, 0.1) is 6.61 Å². The number of rotatable bonds is 12. The molecular formula is C31H42O3. The lowest BCUT2D eigenvalue weighted by atomic mass is 9.75. The monoisotopic (exact) mass is 462 g/mol. The van der Waals surface area contributed by atoms with Crippen LogP contribution in [0.1, 0.15) is 82.3 Å². The number of ether oxygens (including phenoxy) is 1. The van der Waals surface area contributed by atoms with Gasteiger partial charge >= 0.3 is 5.97 Å². The topological polar surface area (TPSA) is 46.5 Å². The first-order chi connectivity index (χ1) is 16.5. The summed E-state index contributed by atoms with van der Waals surface area (Å²) in [5.74, 6) is 0.850. The fraction of sp³-hybridized carbons (Fsp3) is 0.516. The van der Waals surface area contributed by atoms with Crippen molar-refractivity contribution in [2.24, 2.45) is 11.8 Å². The lowest BCUT2D eigenvalue weighted by Crippen LogP contribution is -2.23. The van der Waals surface area contributed by atoms with Crippen LogP contribution in [0, 0.1) is 11.8 Å². The van der Waals surface area contributed by atoms with Crippen molar-refractivity contribution in [2.75, 3.05) is 13.2 Å². The Morgan fingerprint density at radius 2 is 1.62 bits per heavy atom. The highest BCUT2D eigenvalue weighted by atomic mass is 16.5. The van der Waals surface area contributed by atoms with Crippen molar-refractivity contribution in [3.63, 3.8) is 0 Å². The Morgan fingerprint density at radius 3 is 2.18 bits per heavy atom. The van der Waals surface area contributed by atoms with Gasteiger partial charge in [-0.2, -0.15) is 0 Å². The average Bonchev–Trinajstić information content (AvgIpc) is 2.87. The summed E-state index contributed by atoms with van der Waals surface area (Å²) in [6, 6.07) is 18.2. The molecule has 0 spiro atoms. The number of aryl methyl sites for hydroxylation is 1. The quantitative estimate of drug-likeness (QED) is 0.202. The summed E-state index contributed by atoms with van der Waals surface area (Å²) in [4.78, 5) is 11.6. The van der Waals surface area contributed by atoms with E-state index in [1.807, 2.05) is 0 Å². The molecule has 1 fully saturated rings. The van der Waals surface area contributed by atoms with E-state index >= 15 is 0 Å². The summed E-state index contributed by atoms with van der Waals surface area (Å²) in [6.07, 6.45) is 10.6. The maximum absolute atomic E-state index is 11.6. The first-order valence-corrected chi connectivity index (χ1v) is 13.1. The Kier molecular flexibility index (Phi) is 10.4. The van der Waals surface area contributed by atoms with Crippen LogP contribution in [-0.4, -0.2) is 24.3 Å². The Morgan fingerprint density at radius 1 is 1.00 bits per heavy atom. The SMILES string of the molecule is C=C(C)C(=O)OCC(CO)CC1CCC(c2ccc(-c3ccc(CCCCC)cc3)cc2)CC1. The normalized spacial score (nSPS) is 18.9. The number of carbonyl (C=O) groups excluding carboxylic acids is 1. The second-order valence-corrected chi connectivity index (χ2v) is 10.2. The van der Waals surface area contributed by atoms with E-state index < -0.39 is 0 Å². The summed E-state index contributed by atoms with van der Waals surface area (Å²) in [5, 5.41) is 9.71. The average molecular weight is 463 g/mol. The van der Waals surface area contributed by atoms with Crippen molar-refractivity contribution in [1.82, 2.24) is 0 Å². The van der Waals surface area contributed by atoms with Gasteiger partial charge < -0.3 is 9.84 Å². The Balaban J connectivity index is 1.47. The zero-order chi connectivity index (χ0) is 24.3. The van der Waals surface area contributed by atoms with Crippen LogP contribution in [0.2, 0.25) is 0 Å². The fourth-order valence-electron chi connectivity index (χ4n) is 5.11. The lowest BCUT2D eigenvalue weighted by molar-refractivity contribution is -0.140. The van der Waals surface area contributed by atoms with Crippen LogP contribution < -0.4 is 0 Å². The van der Waals surface area contributed by atoms with E-state index in [4.69, 9.17) is 4.74 Å². The molecule has 184 valence electrons. The van der Waals surface area contributed by atoms with Crippen LogP contribution in [0.25, 0.3) is 11.1 Å². The van der Waals surface area contributed by atoms with Gasteiger partial charge in [0.15, 0.2) is 0 Å². The number of benzene rings is 2. The van der Waals surface area contributed by atoms with Gasteiger partial charge in [0, 0.05) is 18.1 Å². The highest BCUT2D eigenvalue weighted by molar-refractivity contribution is 5.86. The highest BCUT2D eigenvalue weighted by Gasteiger charge is 2.25. The predicted molar refractivity (Wildman–Crippen MR) is 141 cm³/mol. The van der Waals surface area contributed by atoms with Gasteiger partial charge in [0.1, 0.15) is 0 Å². The Bertz CT molecular complexity index is 889. The van der Waals surface area contributed by atoms with Crippen molar-refractivity contribution in [1.29, 1.82) is 0 Å². The molecule has 1 saturated carbocycles. The van der Waals surface area contributed by atoms with E-state index in [9.17, 15) is 9.90 Å². The summed E-state index contributed by atoms with van der Waals surface area (Å²) < 4.78 is 5.27. The minimum Gasteiger partial charge on any atom is -0.462 e. The zero-order valence-electron chi connectivity index (χ0n) is 21.1. The Labute approximate surface area is 206 Å². The number of unbranched alkanes of at least 4 members (excludes halogenated alkanes) is 2. The zero-order valence-corrected chi connectivity index (χ0v) is 21.1. The van der Waals surface area contributed by atoms with Crippen molar-refractivity contribution in [3.05, 3.63) is 71.8 Å². The molecule has 1 N–H and O–H groups in total. The van der Waals surface area contributed by atoms with E-state index in [2.05, 4.69) is 62.0 Å². The van der Waals surface area contributed by atoms with Crippen LogP contribution in [0.15, 0.2) is 60.7 Å². The molecule has 1 atom stereocenters. The third kappa shape index (κ3) is 7.84. The van der Waals surface area contributed by atoms with Gasteiger partial charge in [0.2, 0.25) is 0 Å². The standard InChI is InChI=1S/C31H42O3/c1-4-5-6-7-24-8-12-27(13-9-24)29-16-18-30(19-17-29)28-14-10-25(11-15-28)20-26(21-32)22-34-31(33)23(2)3/h8-9,12-13,16-19,25-26,28,32H,2,4-7,10-11,14-15,20-22H2,1,3H3. The number of aliphatic hydroxyl groups excluding tert-OH is 1. The van der Waals surface area contributed by atoms with Gasteiger partial charge in [-0.25, -0.2) is 4.79 Å². The van der Waals surface area contributed by atoms with E-state index in [-0.39, 0.29) is 25.1 Å². The van der Waals surface area contributed by atoms with Crippen molar-refractivity contribution < 1.29 is 14.6 Å². The van der Waals surface area contributed by atoms with Crippen molar-refractivity contribution in [2.45, 2.75) is 77.6 Å². The number of hydrogen-bond donors (Lipinski definition) is 1. The third-order valence-electron chi connectivity index (χ3n) is 7.31. The maximum Gasteiger partial charge on any atom is 0.333 e. The lowest BCUT2D eigenvalue weighted by Gasteiger charge is -2.30. The minimum atomic E-state index is -0.367. The molecule has 0 saturated heterocycles. The molecule has 34 heavy (non-hydrogen) atoms. The molecule has 2 aromatic rings. The molecule has 0 aliphatic heterocycles. The van der Waals surface area contributed by atoms with E-state index in [1.165, 1.54) is 60.8 Å². The predicted octanol–water partition coefficient (Wildman–Crippen LogP) is 7.48. The molecule has 2 aromatic carbocycles. The first-order valence-electron chi connectivity index (χ1n) is 13.1. The molecule has 3 nitrogen and oxygen atoms in total. The smallest absolute Gasteiger partial charge is 0.333 e. The van der Waals surface area contributed by atoms with Crippen LogP contribution in [0.3, 0.4) is 0 Å². The summed E-state index contributed by atoms with van der Waals surface area (Å²) in [5.41, 5.74) is 5.85. The second-order valence-electron chi connectivity index (χ2n) is 10.2. The van der Waals surface area contributed by atoms with Crippen LogP contribution >= 0.6 is 0 Å². The van der Waals surface area contributed by atoms with E-state index in [1.54, 1.807) is 6.92 Å². The molecular weight excluding hydrogens is 420 g/mol. The van der Waals surface area contributed by atoms with Crippen LogP contribution in [-0.2, 0) is 16.0 Å². The van der Waals surface area contributed by atoms with Crippen LogP contribution in [0.5, 0.6) is 0 Å². The molecule has 0 amide bonds. The maximum atomic E-state index is 11.6. The van der Waals surface area contributed by atoms with Gasteiger partial charge in [-0.15, -0.1) is 0 Å². The van der Waals surface area contributed by atoms with Gasteiger partial charge in [-0.05, 0) is 86.0 Å². The van der Waals surface area contributed by atoms with Crippen molar-refractivity contribution >= 4 is 5.97 Å². The number of esters is 1. The fourth-order valence-corrected chi connectivity index (χ4v) is 5.11. The van der Waals surface area contributed by atoms with E-state index in [0.717, 1.165) is 19.3 Å². The summed E-state index contributed by atoms with van der Waals surface area (Å²) >= 11 is 0. The van der Waals surface area contributed by atoms with Crippen LogP contribution in [0.4, 0.5) is 0 Å². The number of hydrogen-bond acceptors (Lipinski definition) is 3. The highest BCUT2D eigenvalue weighted by Crippen LogP contribution is 2.38. The molecule has 0 bridgehead atoms. The molecule has 0 radical (unpaired) electrons. The molecule has 0 aromatic heterocycles. The molecule has 3 rings (SSSR count). The molecule has 3 heteroatoms. The van der Waals surface area contributed by atoms with Gasteiger partial charge in [0.25, 0.3) is 0 Å². The molecule has 1 aliphatic carbocycles. The van der Waals surface area contributed by atoms with Gasteiger partial charge in [-0.3, -0.25) is 0 Å². The van der Waals surface area contributed by atoms with E-state index in [0.29, 0.717) is 17.4 Å². The minimum absolute atomic E-state index is 0.0159. The molecule has 1 unspecified atom stereocenters. The molecule has 0 heterocycles.